The van der Waals surface area contributed by atoms with Gasteiger partial charge in [-0.3, -0.25) is 0 Å². The Kier molecular flexibility index (Phi) is 5.56. The van der Waals surface area contributed by atoms with Crippen LogP contribution in [0.15, 0.2) is 18.2 Å². The summed E-state index contributed by atoms with van der Waals surface area (Å²) in [4.78, 5) is 0. The van der Waals surface area contributed by atoms with Gasteiger partial charge in [-0.05, 0) is 31.0 Å². The predicted molar refractivity (Wildman–Crippen MR) is 67.0 cm³/mol. The lowest BCUT2D eigenvalue weighted by Crippen LogP contribution is -2.35. The van der Waals surface area contributed by atoms with Gasteiger partial charge in [0.2, 0.25) is 0 Å². The first-order valence-electron chi connectivity index (χ1n) is 6.23. The van der Waals surface area contributed by atoms with Gasteiger partial charge in [-0.1, -0.05) is 32.8 Å². The van der Waals surface area contributed by atoms with E-state index in [1.165, 1.54) is 12.1 Å². The molecule has 1 unspecified atom stereocenters. The standard InChI is InChI=1S/C14H21F2N/c1-4-10(5-2)14(17-3)8-11-6-7-12(15)9-13(11)16/h6-7,9-10,14,17H,4-5,8H2,1-3H3. The third-order valence-corrected chi connectivity index (χ3v) is 3.44. The SMILES string of the molecule is CCC(CC)C(Cc1ccc(F)cc1F)NC. The summed E-state index contributed by atoms with van der Waals surface area (Å²) in [6, 6.07) is 4.05. The number of nitrogens with one attached hydrogen (secondary N) is 1. The molecule has 1 aromatic carbocycles. The molecule has 0 saturated heterocycles. The van der Waals surface area contributed by atoms with Crippen molar-refractivity contribution in [2.75, 3.05) is 7.05 Å². The van der Waals surface area contributed by atoms with Crippen LogP contribution in [-0.4, -0.2) is 13.1 Å². The highest BCUT2D eigenvalue weighted by Crippen LogP contribution is 2.19. The molecular weight excluding hydrogens is 220 g/mol. The molecular formula is C14H21F2N. The highest BCUT2D eigenvalue weighted by Gasteiger charge is 2.18. The molecule has 0 aromatic heterocycles. The molecule has 0 heterocycles. The van der Waals surface area contributed by atoms with E-state index in [4.69, 9.17) is 0 Å². The average molecular weight is 241 g/mol. The third-order valence-electron chi connectivity index (χ3n) is 3.44. The number of hydrogen-bond donors (Lipinski definition) is 1. The summed E-state index contributed by atoms with van der Waals surface area (Å²) in [5.41, 5.74) is 0.581. The molecule has 0 radical (unpaired) electrons. The molecule has 17 heavy (non-hydrogen) atoms. The van der Waals surface area contributed by atoms with Crippen LogP contribution in [0, 0.1) is 17.6 Å². The van der Waals surface area contributed by atoms with E-state index >= 15 is 0 Å². The maximum Gasteiger partial charge on any atom is 0.129 e. The quantitative estimate of drug-likeness (QED) is 0.803. The maximum atomic E-state index is 13.6. The van der Waals surface area contributed by atoms with Crippen LogP contribution < -0.4 is 5.32 Å². The van der Waals surface area contributed by atoms with E-state index in [0.717, 1.165) is 18.9 Å². The minimum atomic E-state index is -0.519. The Morgan fingerprint density at radius 3 is 2.29 bits per heavy atom. The van der Waals surface area contributed by atoms with Gasteiger partial charge in [0, 0.05) is 12.1 Å². The number of hydrogen-bond acceptors (Lipinski definition) is 1. The molecule has 0 bridgehead atoms. The summed E-state index contributed by atoms with van der Waals surface area (Å²) in [5, 5.41) is 3.23. The predicted octanol–water partition coefficient (Wildman–Crippen LogP) is 3.53. The summed E-state index contributed by atoms with van der Waals surface area (Å²) in [5.74, 6) is -0.449. The normalized spacial score (nSPS) is 13.1. The Labute approximate surface area is 102 Å². The van der Waals surface area contributed by atoms with Crippen molar-refractivity contribution < 1.29 is 8.78 Å². The van der Waals surface area contributed by atoms with Crippen molar-refractivity contribution >= 4 is 0 Å². The summed E-state index contributed by atoms with van der Waals surface area (Å²) in [7, 11) is 1.89. The molecule has 0 saturated carbocycles. The van der Waals surface area contributed by atoms with E-state index in [9.17, 15) is 8.78 Å². The smallest absolute Gasteiger partial charge is 0.129 e. The number of rotatable bonds is 6. The molecule has 3 heteroatoms. The van der Waals surface area contributed by atoms with E-state index in [1.807, 2.05) is 7.05 Å². The lowest BCUT2D eigenvalue weighted by molar-refractivity contribution is 0.346. The number of halogens is 2. The van der Waals surface area contributed by atoms with Gasteiger partial charge in [-0.2, -0.15) is 0 Å². The van der Waals surface area contributed by atoms with Gasteiger partial charge in [-0.25, -0.2) is 8.78 Å². The highest BCUT2D eigenvalue weighted by atomic mass is 19.1. The van der Waals surface area contributed by atoms with Crippen LogP contribution >= 0.6 is 0 Å². The van der Waals surface area contributed by atoms with E-state index in [0.29, 0.717) is 17.9 Å². The second-order valence-corrected chi connectivity index (χ2v) is 4.41. The topological polar surface area (TPSA) is 12.0 Å². The Bertz CT molecular complexity index is 348. The van der Waals surface area contributed by atoms with Crippen molar-refractivity contribution in [2.24, 2.45) is 5.92 Å². The van der Waals surface area contributed by atoms with Crippen molar-refractivity contribution in [1.82, 2.24) is 5.32 Å². The molecule has 0 amide bonds. The molecule has 0 aliphatic heterocycles. The largest absolute Gasteiger partial charge is 0.316 e. The summed E-state index contributed by atoms with van der Waals surface area (Å²) >= 11 is 0. The number of benzene rings is 1. The monoisotopic (exact) mass is 241 g/mol. The van der Waals surface area contributed by atoms with Crippen LogP contribution in [0.25, 0.3) is 0 Å². The second kappa shape index (κ2) is 6.70. The molecule has 0 fully saturated rings. The fourth-order valence-electron chi connectivity index (χ4n) is 2.29. The van der Waals surface area contributed by atoms with E-state index in [-0.39, 0.29) is 6.04 Å². The third kappa shape index (κ3) is 3.77. The van der Waals surface area contributed by atoms with Crippen LogP contribution in [0.2, 0.25) is 0 Å². The molecule has 0 spiro atoms. The van der Waals surface area contributed by atoms with Crippen LogP contribution in [0.5, 0.6) is 0 Å². The zero-order valence-electron chi connectivity index (χ0n) is 10.8. The second-order valence-electron chi connectivity index (χ2n) is 4.41. The van der Waals surface area contributed by atoms with Gasteiger partial charge in [-0.15, -0.1) is 0 Å². The molecule has 1 N–H and O–H groups in total. The van der Waals surface area contributed by atoms with Gasteiger partial charge in [0.1, 0.15) is 11.6 Å². The van der Waals surface area contributed by atoms with Crippen molar-refractivity contribution in [3.05, 3.63) is 35.4 Å². The average Bonchev–Trinajstić information content (AvgIpc) is 2.32. The Morgan fingerprint density at radius 2 is 1.82 bits per heavy atom. The Balaban J connectivity index is 2.80. The summed E-state index contributed by atoms with van der Waals surface area (Å²) in [6.07, 6.45) is 2.73. The van der Waals surface area contributed by atoms with Gasteiger partial charge in [0.15, 0.2) is 0 Å². The first-order valence-corrected chi connectivity index (χ1v) is 6.23. The fraction of sp³-hybridized carbons (Fsp3) is 0.571. The van der Waals surface area contributed by atoms with Crippen molar-refractivity contribution in [1.29, 1.82) is 0 Å². The van der Waals surface area contributed by atoms with Crippen LogP contribution in [0.3, 0.4) is 0 Å². The molecule has 0 aliphatic rings. The van der Waals surface area contributed by atoms with Crippen molar-refractivity contribution in [2.45, 2.75) is 39.2 Å². The van der Waals surface area contributed by atoms with Crippen molar-refractivity contribution in [3.63, 3.8) is 0 Å². The zero-order valence-corrected chi connectivity index (χ0v) is 10.8. The Hall–Kier alpha value is -0.960. The first-order chi connectivity index (χ1) is 8.12. The highest BCUT2D eigenvalue weighted by molar-refractivity contribution is 5.19. The lowest BCUT2D eigenvalue weighted by Gasteiger charge is -2.25. The molecule has 1 aromatic rings. The van der Waals surface area contributed by atoms with E-state index in [2.05, 4.69) is 19.2 Å². The molecule has 96 valence electrons. The summed E-state index contributed by atoms with van der Waals surface area (Å²) in [6.45, 7) is 4.28. The summed E-state index contributed by atoms with van der Waals surface area (Å²) < 4.78 is 26.4. The molecule has 0 aliphatic carbocycles. The Morgan fingerprint density at radius 1 is 1.18 bits per heavy atom. The van der Waals surface area contributed by atoms with E-state index < -0.39 is 11.6 Å². The lowest BCUT2D eigenvalue weighted by atomic mass is 9.89. The number of likely N-dealkylation sites (N-methyl/N-ethyl adjacent to an activating group) is 1. The van der Waals surface area contributed by atoms with Crippen molar-refractivity contribution in [3.8, 4) is 0 Å². The maximum absolute atomic E-state index is 13.6. The zero-order chi connectivity index (χ0) is 12.8. The molecule has 1 nitrogen and oxygen atoms in total. The van der Waals surface area contributed by atoms with Gasteiger partial charge in [0.25, 0.3) is 0 Å². The fourth-order valence-corrected chi connectivity index (χ4v) is 2.29. The van der Waals surface area contributed by atoms with Crippen LogP contribution in [0.4, 0.5) is 8.78 Å². The minimum Gasteiger partial charge on any atom is -0.316 e. The molecule has 1 rings (SSSR count). The molecule has 1 atom stereocenters. The van der Waals surface area contributed by atoms with Gasteiger partial charge >= 0.3 is 0 Å². The van der Waals surface area contributed by atoms with E-state index in [1.54, 1.807) is 0 Å². The first kappa shape index (κ1) is 14.1. The van der Waals surface area contributed by atoms with Crippen LogP contribution in [-0.2, 0) is 6.42 Å². The van der Waals surface area contributed by atoms with Gasteiger partial charge in [0.05, 0.1) is 0 Å². The van der Waals surface area contributed by atoms with Gasteiger partial charge < -0.3 is 5.32 Å². The van der Waals surface area contributed by atoms with Crippen LogP contribution in [0.1, 0.15) is 32.3 Å². The minimum absolute atomic E-state index is 0.241.